The average Bonchev–Trinajstić information content (AvgIpc) is 3.11. The van der Waals surface area contributed by atoms with Crippen LogP contribution in [-0.2, 0) is 4.79 Å². The van der Waals surface area contributed by atoms with Gasteiger partial charge in [0.25, 0.3) is 0 Å². The predicted molar refractivity (Wildman–Crippen MR) is 103 cm³/mol. The normalized spacial score (nSPS) is 17.4. The third-order valence-electron chi connectivity index (χ3n) is 4.46. The van der Waals surface area contributed by atoms with Crippen molar-refractivity contribution in [1.29, 1.82) is 0 Å². The lowest BCUT2D eigenvalue weighted by atomic mass is 10.1. The van der Waals surface area contributed by atoms with Crippen LogP contribution in [-0.4, -0.2) is 41.7 Å². The number of nitrogens with zero attached hydrogens (tertiary/aromatic N) is 3. The predicted octanol–water partition coefficient (Wildman–Crippen LogP) is 2.73. The summed E-state index contributed by atoms with van der Waals surface area (Å²) in [5.74, 6) is 2.17. The summed E-state index contributed by atoms with van der Waals surface area (Å²) in [6.07, 6.45) is 4.42. The molecule has 0 saturated carbocycles. The summed E-state index contributed by atoms with van der Waals surface area (Å²) < 4.78 is 11.5. The topological polar surface area (TPSA) is 76.6 Å². The van der Waals surface area contributed by atoms with Crippen molar-refractivity contribution in [2.45, 2.75) is 39.3 Å². The third kappa shape index (κ3) is 5.09. The van der Waals surface area contributed by atoms with Crippen LogP contribution in [0.4, 0.5) is 5.95 Å². The third-order valence-corrected chi connectivity index (χ3v) is 4.46. The Morgan fingerprint density at radius 3 is 2.59 bits per heavy atom. The van der Waals surface area contributed by atoms with E-state index < -0.39 is 0 Å². The molecule has 1 aliphatic heterocycles. The second-order valence-electron chi connectivity index (χ2n) is 6.62. The molecule has 0 spiro atoms. The zero-order valence-corrected chi connectivity index (χ0v) is 16.0. The Bertz CT molecular complexity index is 749. The zero-order valence-electron chi connectivity index (χ0n) is 16.0. The molecule has 0 aliphatic carbocycles. The fourth-order valence-corrected chi connectivity index (χ4v) is 3.14. The smallest absolute Gasteiger partial charge is 0.225 e. The Kier molecular flexibility index (Phi) is 6.11. The summed E-state index contributed by atoms with van der Waals surface area (Å²) in [6.45, 7) is 7.62. The van der Waals surface area contributed by atoms with Crippen LogP contribution < -0.4 is 19.7 Å². The van der Waals surface area contributed by atoms with Crippen LogP contribution in [0.3, 0.4) is 0 Å². The van der Waals surface area contributed by atoms with E-state index in [4.69, 9.17) is 9.47 Å². The van der Waals surface area contributed by atoms with Crippen molar-refractivity contribution < 1.29 is 14.3 Å². The van der Waals surface area contributed by atoms with E-state index in [0.29, 0.717) is 18.3 Å². The molecule has 2 heterocycles. The maximum atomic E-state index is 11.2. The number of carbonyl (C=O) groups excluding carboxylic acids is 1. The van der Waals surface area contributed by atoms with Gasteiger partial charge in [-0.2, -0.15) is 0 Å². The molecule has 7 heteroatoms. The van der Waals surface area contributed by atoms with Crippen LogP contribution in [0, 0.1) is 0 Å². The number of hydrogen-bond donors (Lipinski definition) is 1. The van der Waals surface area contributed by atoms with Gasteiger partial charge in [0.2, 0.25) is 11.9 Å². The molecule has 144 valence electrons. The Hall–Kier alpha value is -2.83. The van der Waals surface area contributed by atoms with Crippen molar-refractivity contribution in [2.75, 3.05) is 24.6 Å². The molecule has 1 amide bonds. The number of benzene rings is 1. The highest BCUT2D eigenvalue weighted by Crippen LogP contribution is 2.23. The lowest BCUT2D eigenvalue weighted by molar-refractivity contribution is -0.119. The molecule has 1 saturated heterocycles. The van der Waals surface area contributed by atoms with Gasteiger partial charge in [-0.25, -0.2) is 9.97 Å². The summed E-state index contributed by atoms with van der Waals surface area (Å²) in [5, 5.41) is 2.88. The monoisotopic (exact) mass is 370 g/mol. The fraction of sp³-hybridized carbons (Fsp3) is 0.450. The van der Waals surface area contributed by atoms with Gasteiger partial charge in [-0.15, -0.1) is 0 Å². The molecule has 1 aromatic carbocycles. The molecular weight excluding hydrogens is 344 g/mol. The SMILES string of the molecule is CCOc1cnc(N2CC[C@H](Oc3ccc([C@H](C)NC(C)=O)cc3)C2)nc1. The number of ether oxygens (including phenoxy) is 2. The van der Waals surface area contributed by atoms with Gasteiger partial charge in [0.1, 0.15) is 11.9 Å². The van der Waals surface area contributed by atoms with Gasteiger partial charge < -0.3 is 19.7 Å². The first-order valence-electron chi connectivity index (χ1n) is 9.28. The molecule has 2 aromatic rings. The molecule has 0 radical (unpaired) electrons. The summed E-state index contributed by atoms with van der Waals surface area (Å²) in [6, 6.07) is 7.85. The molecule has 3 rings (SSSR count). The lowest BCUT2D eigenvalue weighted by Gasteiger charge is -2.18. The molecule has 0 unspecified atom stereocenters. The Balaban J connectivity index is 1.54. The van der Waals surface area contributed by atoms with Gasteiger partial charge in [-0.3, -0.25) is 4.79 Å². The molecule has 27 heavy (non-hydrogen) atoms. The van der Waals surface area contributed by atoms with Crippen LogP contribution in [0.1, 0.15) is 38.8 Å². The van der Waals surface area contributed by atoms with Gasteiger partial charge in [0, 0.05) is 19.9 Å². The van der Waals surface area contributed by atoms with E-state index in [9.17, 15) is 4.79 Å². The van der Waals surface area contributed by atoms with Gasteiger partial charge in [0.15, 0.2) is 5.75 Å². The van der Waals surface area contributed by atoms with Crippen molar-refractivity contribution >= 4 is 11.9 Å². The molecule has 2 atom stereocenters. The van der Waals surface area contributed by atoms with Crippen LogP contribution in [0.2, 0.25) is 0 Å². The van der Waals surface area contributed by atoms with E-state index >= 15 is 0 Å². The van der Waals surface area contributed by atoms with Gasteiger partial charge in [-0.1, -0.05) is 12.1 Å². The first-order valence-corrected chi connectivity index (χ1v) is 9.28. The summed E-state index contributed by atoms with van der Waals surface area (Å²) in [4.78, 5) is 22.0. The summed E-state index contributed by atoms with van der Waals surface area (Å²) >= 11 is 0. The molecule has 1 aliphatic rings. The number of hydrogen-bond acceptors (Lipinski definition) is 6. The van der Waals surface area contributed by atoms with Gasteiger partial charge >= 0.3 is 0 Å². The van der Waals surface area contributed by atoms with Gasteiger partial charge in [0.05, 0.1) is 31.6 Å². The number of rotatable bonds is 7. The quantitative estimate of drug-likeness (QED) is 0.808. The van der Waals surface area contributed by atoms with Crippen LogP contribution in [0.5, 0.6) is 11.5 Å². The minimum absolute atomic E-state index is 0.0182. The first kappa shape index (κ1) is 18.9. The summed E-state index contributed by atoms with van der Waals surface area (Å²) in [7, 11) is 0. The number of nitrogens with one attached hydrogen (secondary N) is 1. The highest BCUT2D eigenvalue weighted by atomic mass is 16.5. The standard InChI is InChI=1S/C20H26N4O3/c1-4-26-19-11-21-20(22-12-19)24-10-9-18(13-24)27-17-7-5-16(6-8-17)14(2)23-15(3)25/h5-8,11-12,14,18H,4,9-10,13H2,1-3H3,(H,23,25)/t14-,18-/m0/s1. The fourth-order valence-electron chi connectivity index (χ4n) is 3.14. The van der Waals surface area contributed by atoms with E-state index in [-0.39, 0.29) is 18.1 Å². The highest BCUT2D eigenvalue weighted by molar-refractivity contribution is 5.73. The van der Waals surface area contributed by atoms with Crippen molar-refractivity contribution in [2.24, 2.45) is 0 Å². The van der Waals surface area contributed by atoms with Gasteiger partial charge in [-0.05, 0) is 31.5 Å². The highest BCUT2D eigenvalue weighted by Gasteiger charge is 2.26. The Morgan fingerprint density at radius 2 is 1.96 bits per heavy atom. The van der Waals surface area contributed by atoms with Crippen molar-refractivity contribution in [3.8, 4) is 11.5 Å². The summed E-state index contributed by atoms with van der Waals surface area (Å²) in [5.41, 5.74) is 1.05. The van der Waals surface area contributed by atoms with Crippen molar-refractivity contribution in [3.63, 3.8) is 0 Å². The van der Waals surface area contributed by atoms with Crippen molar-refractivity contribution in [1.82, 2.24) is 15.3 Å². The Morgan fingerprint density at radius 1 is 1.26 bits per heavy atom. The molecule has 1 aromatic heterocycles. The second-order valence-corrected chi connectivity index (χ2v) is 6.62. The van der Waals surface area contributed by atoms with E-state index in [0.717, 1.165) is 30.8 Å². The molecule has 0 bridgehead atoms. The molecular formula is C20H26N4O3. The Labute approximate surface area is 159 Å². The average molecular weight is 370 g/mol. The van der Waals surface area contributed by atoms with Crippen molar-refractivity contribution in [3.05, 3.63) is 42.2 Å². The second kappa shape index (κ2) is 8.70. The number of anilines is 1. The van der Waals surface area contributed by atoms with E-state index in [1.807, 2.05) is 38.1 Å². The van der Waals surface area contributed by atoms with E-state index in [1.165, 1.54) is 6.92 Å². The van der Waals surface area contributed by atoms with E-state index in [1.54, 1.807) is 12.4 Å². The van der Waals surface area contributed by atoms with Crippen LogP contribution in [0.15, 0.2) is 36.7 Å². The maximum Gasteiger partial charge on any atom is 0.225 e. The lowest BCUT2D eigenvalue weighted by Crippen LogP contribution is -2.26. The zero-order chi connectivity index (χ0) is 19.2. The molecule has 7 nitrogen and oxygen atoms in total. The minimum Gasteiger partial charge on any atom is -0.491 e. The first-order chi connectivity index (χ1) is 13.0. The minimum atomic E-state index is -0.0367. The number of aromatic nitrogens is 2. The number of amides is 1. The van der Waals surface area contributed by atoms with E-state index in [2.05, 4.69) is 20.2 Å². The molecule has 1 fully saturated rings. The maximum absolute atomic E-state index is 11.2. The van der Waals surface area contributed by atoms with Crippen LogP contribution in [0.25, 0.3) is 0 Å². The number of carbonyl (C=O) groups is 1. The van der Waals surface area contributed by atoms with Crippen LogP contribution >= 0.6 is 0 Å². The molecule has 1 N–H and O–H groups in total. The largest absolute Gasteiger partial charge is 0.491 e.